The second-order valence-electron chi connectivity index (χ2n) is 4.00. The zero-order valence-corrected chi connectivity index (χ0v) is 10.9. The lowest BCUT2D eigenvalue weighted by Gasteiger charge is -2.30. The Bertz CT molecular complexity index is 402. The number of aryl methyl sites for hydroxylation is 1. The average Bonchev–Trinajstić information content (AvgIpc) is 2.57. The van der Waals surface area contributed by atoms with Crippen molar-refractivity contribution in [2.45, 2.75) is 20.0 Å². The summed E-state index contributed by atoms with van der Waals surface area (Å²) in [4.78, 5) is 13.9. The van der Waals surface area contributed by atoms with Crippen LogP contribution in [0.3, 0.4) is 0 Å². The van der Waals surface area contributed by atoms with Gasteiger partial charge in [0.1, 0.15) is 0 Å². The normalized spacial score (nSPS) is 21.2. The van der Waals surface area contributed by atoms with Crippen LogP contribution in [-0.2, 0) is 4.74 Å². The van der Waals surface area contributed by atoms with Crippen LogP contribution in [0.1, 0.15) is 23.0 Å². The van der Waals surface area contributed by atoms with E-state index in [2.05, 4.69) is 15.9 Å². The first-order chi connectivity index (χ1) is 7.58. The van der Waals surface area contributed by atoms with Crippen LogP contribution in [-0.4, -0.2) is 36.6 Å². The monoisotopic (exact) mass is 287 g/mol. The predicted molar refractivity (Wildman–Crippen MR) is 62.5 cm³/mol. The summed E-state index contributed by atoms with van der Waals surface area (Å²) in [5.41, 5.74) is 0.857. The second kappa shape index (κ2) is 4.59. The number of hydrogen-bond donors (Lipinski definition) is 0. The Balaban J connectivity index is 2.15. The molecule has 0 unspecified atom stereocenters. The lowest BCUT2D eigenvalue weighted by molar-refractivity contribution is -0.0135. The molecule has 0 saturated carbocycles. The van der Waals surface area contributed by atoms with E-state index in [1.165, 1.54) is 0 Å². The third-order valence-electron chi connectivity index (χ3n) is 2.61. The SMILES string of the molecule is Cc1cc(Br)oc1C(=O)N1CCO[C@H](C)C1. The van der Waals surface area contributed by atoms with Crippen molar-refractivity contribution < 1.29 is 13.9 Å². The van der Waals surface area contributed by atoms with E-state index in [1.807, 2.05) is 13.8 Å². The summed E-state index contributed by atoms with van der Waals surface area (Å²) in [6.45, 7) is 5.67. The van der Waals surface area contributed by atoms with Gasteiger partial charge in [0.05, 0.1) is 12.7 Å². The van der Waals surface area contributed by atoms with Crippen LogP contribution in [0, 0.1) is 6.92 Å². The molecule has 1 amide bonds. The minimum atomic E-state index is -0.0571. The largest absolute Gasteiger partial charge is 0.444 e. The van der Waals surface area contributed by atoms with Gasteiger partial charge in [0.2, 0.25) is 0 Å². The zero-order valence-electron chi connectivity index (χ0n) is 9.33. The van der Waals surface area contributed by atoms with Crippen molar-refractivity contribution in [3.8, 4) is 0 Å². The van der Waals surface area contributed by atoms with E-state index < -0.39 is 0 Å². The number of carbonyl (C=O) groups is 1. The summed E-state index contributed by atoms with van der Waals surface area (Å²) in [5.74, 6) is 0.360. The molecule has 0 aromatic carbocycles. The van der Waals surface area contributed by atoms with Gasteiger partial charge in [-0.05, 0) is 35.8 Å². The summed E-state index contributed by atoms with van der Waals surface area (Å²) in [6.07, 6.45) is 0.0939. The molecule has 0 spiro atoms. The van der Waals surface area contributed by atoms with Gasteiger partial charge in [-0.3, -0.25) is 4.79 Å². The van der Waals surface area contributed by atoms with Crippen LogP contribution in [0.4, 0.5) is 0 Å². The minimum Gasteiger partial charge on any atom is -0.444 e. The highest BCUT2D eigenvalue weighted by Gasteiger charge is 2.26. The van der Waals surface area contributed by atoms with Crippen molar-refractivity contribution in [1.82, 2.24) is 4.90 Å². The highest BCUT2D eigenvalue weighted by molar-refractivity contribution is 9.10. The zero-order chi connectivity index (χ0) is 11.7. The van der Waals surface area contributed by atoms with Crippen LogP contribution in [0.5, 0.6) is 0 Å². The van der Waals surface area contributed by atoms with E-state index in [0.29, 0.717) is 30.1 Å². The van der Waals surface area contributed by atoms with Gasteiger partial charge in [0.15, 0.2) is 10.4 Å². The van der Waals surface area contributed by atoms with Crippen molar-refractivity contribution in [1.29, 1.82) is 0 Å². The third-order valence-corrected chi connectivity index (χ3v) is 3.00. The van der Waals surface area contributed by atoms with Gasteiger partial charge in [0.25, 0.3) is 5.91 Å². The first kappa shape index (κ1) is 11.7. The molecule has 1 aliphatic rings. The van der Waals surface area contributed by atoms with Gasteiger partial charge in [-0.15, -0.1) is 0 Å². The Morgan fingerprint density at radius 1 is 1.62 bits per heavy atom. The molecule has 1 saturated heterocycles. The highest BCUT2D eigenvalue weighted by atomic mass is 79.9. The molecule has 5 heteroatoms. The van der Waals surface area contributed by atoms with E-state index in [-0.39, 0.29) is 12.0 Å². The van der Waals surface area contributed by atoms with Crippen molar-refractivity contribution in [2.75, 3.05) is 19.7 Å². The van der Waals surface area contributed by atoms with E-state index in [9.17, 15) is 4.79 Å². The van der Waals surface area contributed by atoms with E-state index in [0.717, 1.165) is 5.56 Å². The number of furan rings is 1. The first-order valence-electron chi connectivity index (χ1n) is 5.24. The maximum Gasteiger partial charge on any atom is 0.290 e. The number of ether oxygens (including phenoxy) is 1. The van der Waals surface area contributed by atoms with Crippen molar-refractivity contribution in [3.63, 3.8) is 0 Å². The van der Waals surface area contributed by atoms with Crippen molar-refractivity contribution >= 4 is 21.8 Å². The number of halogens is 1. The summed E-state index contributed by atoms with van der Waals surface area (Å²) in [5, 5.41) is 0. The first-order valence-corrected chi connectivity index (χ1v) is 6.04. The molecule has 0 N–H and O–H groups in total. The summed E-state index contributed by atoms with van der Waals surface area (Å²) in [6, 6.07) is 1.80. The molecule has 1 aromatic rings. The van der Waals surface area contributed by atoms with Gasteiger partial charge in [0, 0.05) is 18.7 Å². The number of morpholine rings is 1. The minimum absolute atomic E-state index is 0.0571. The molecule has 0 radical (unpaired) electrons. The van der Waals surface area contributed by atoms with E-state index in [4.69, 9.17) is 9.15 Å². The van der Waals surface area contributed by atoms with Crippen LogP contribution in [0.15, 0.2) is 15.2 Å². The Hall–Kier alpha value is -0.810. The molecular weight excluding hydrogens is 274 g/mol. The number of rotatable bonds is 1. The predicted octanol–water partition coefficient (Wildman–Crippen LogP) is 2.21. The quantitative estimate of drug-likeness (QED) is 0.795. The Morgan fingerprint density at radius 2 is 2.38 bits per heavy atom. The summed E-state index contributed by atoms with van der Waals surface area (Å²) < 4.78 is 11.3. The van der Waals surface area contributed by atoms with E-state index in [1.54, 1.807) is 11.0 Å². The molecule has 16 heavy (non-hydrogen) atoms. The Kier molecular flexibility index (Phi) is 3.35. The lowest BCUT2D eigenvalue weighted by atomic mass is 10.2. The third kappa shape index (κ3) is 2.30. The van der Waals surface area contributed by atoms with Gasteiger partial charge in [-0.2, -0.15) is 0 Å². The van der Waals surface area contributed by atoms with Gasteiger partial charge in [-0.1, -0.05) is 0 Å². The lowest BCUT2D eigenvalue weighted by Crippen LogP contribution is -2.44. The smallest absolute Gasteiger partial charge is 0.290 e. The van der Waals surface area contributed by atoms with Crippen LogP contribution >= 0.6 is 15.9 Å². The Labute approximate surface area is 103 Å². The molecule has 1 aliphatic heterocycles. The number of hydrogen-bond acceptors (Lipinski definition) is 3. The molecule has 0 aliphatic carbocycles. The van der Waals surface area contributed by atoms with Gasteiger partial charge in [-0.25, -0.2) is 0 Å². The molecule has 1 aromatic heterocycles. The van der Waals surface area contributed by atoms with Crippen molar-refractivity contribution in [3.05, 3.63) is 22.1 Å². The van der Waals surface area contributed by atoms with Crippen LogP contribution in [0.25, 0.3) is 0 Å². The van der Waals surface area contributed by atoms with Gasteiger partial charge < -0.3 is 14.1 Å². The molecule has 4 nitrogen and oxygen atoms in total. The number of amides is 1. The highest BCUT2D eigenvalue weighted by Crippen LogP contribution is 2.21. The fourth-order valence-electron chi connectivity index (χ4n) is 1.80. The number of carbonyl (C=O) groups excluding carboxylic acids is 1. The van der Waals surface area contributed by atoms with Crippen molar-refractivity contribution in [2.24, 2.45) is 0 Å². The molecule has 0 bridgehead atoms. The van der Waals surface area contributed by atoms with E-state index >= 15 is 0 Å². The number of nitrogens with zero attached hydrogens (tertiary/aromatic N) is 1. The molecule has 2 heterocycles. The molecular formula is C11H14BrNO3. The summed E-state index contributed by atoms with van der Waals surface area (Å²) >= 11 is 3.23. The molecule has 1 fully saturated rings. The second-order valence-corrected chi connectivity index (χ2v) is 4.78. The standard InChI is InChI=1S/C11H14BrNO3/c1-7-5-9(12)16-10(7)11(14)13-3-4-15-8(2)6-13/h5,8H,3-4,6H2,1-2H3/t8-/m1/s1. The maximum absolute atomic E-state index is 12.1. The van der Waals surface area contributed by atoms with Crippen LogP contribution < -0.4 is 0 Å². The Morgan fingerprint density at radius 3 is 2.94 bits per heavy atom. The summed E-state index contributed by atoms with van der Waals surface area (Å²) in [7, 11) is 0. The fourth-order valence-corrected chi connectivity index (χ4v) is 2.31. The molecule has 88 valence electrons. The van der Waals surface area contributed by atoms with Crippen LogP contribution in [0.2, 0.25) is 0 Å². The molecule has 2 rings (SSSR count). The van der Waals surface area contributed by atoms with Gasteiger partial charge >= 0.3 is 0 Å². The average molecular weight is 288 g/mol. The molecule has 1 atom stereocenters. The maximum atomic E-state index is 12.1. The topological polar surface area (TPSA) is 42.7 Å². The fraction of sp³-hybridized carbons (Fsp3) is 0.545.